The van der Waals surface area contributed by atoms with Crippen LogP contribution in [0.1, 0.15) is 11.8 Å². The number of ether oxygens (including phenoxy) is 2. The van der Waals surface area contributed by atoms with Crippen LogP contribution < -0.4 is 0 Å². The highest BCUT2D eigenvalue weighted by molar-refractivity contribution is 9.10. The highest BCUT2D eigenvalue weighted by atomic mass is 79.9. The Labute approximate surface area is 87.8 Å². The minimum absolute atomic E-state index is 0.240. The number of hydrogen-bond acceptors (Lipinski definition) is 3. The molecular formula is C8H8BrFO2S. The minimum Gasteiger partial charge on any atom is -0.343 e. The van der Waals surface area contributed by atoms with Gasteiger partial charge in [-0.1, -0.05) is 0 Å². The topological polar surface area (TPSA) is 18.5 Å². The Morgan fingerprint density at radius 1 is 1.54 bits per heavy atom. The Hall–Kier alpha value is 0.0300. The van der Waals surface area contributed by atoms with E-state index in [1.165, 1.54) is 0 Å². The van der Waals surface area contributed by atoms with Crippen molar-refractivity contribution in [2.24, 2.45) is 0 Å². The van der Waals surface area contributed by atoms with Crippen LogP contribution in [0.5, 0.6) is 0 Å². The monoisotopic (exact) mass is 266 g/mol. The zero-order valence-corrected chi connectivity index (χ0v) is 9.37. The highest BCUT2D eigenvalue weighted by Gasteiger charge is 2.35. The largest absolute Gasteiger partial charge is 0.343 e. The third-order valence-electron chi connectivity index (χ3n) is 1.93. The highest BCUT2D eigenvalue weighted by Crippen LogP contribution is 2.38. The van der Waals surface area contributed by atoms with Gasteiger partial charge in [0.2, 0.25) is 5.79 Å². The smallest absolute Gasteiger partial charge is 0.201 e. The van der Waals surface area contributed by atoms with Crippen molar-refractivity contribution in [3.8, 4) is 0 Å². The average Bonchev–Trinajstić information content (AvgIpc) is 2.62. The molecule has 1 aliphatic rings. The molecule has 2 rings (SSSR count). The zero-order chi connectivity index (χ0) is 9.47. The summed E-state index contributed by atoms with van der Waals surface area (Å²) in [7, 11) is 0. The molecule has 0 N–H and O–H groups in total. The fourth-order valence-electron chi connectivity index (χ4n) is 1.23. The first kappa shape index (κ1) is 9.58. The predicted molar refractivity (Wildman–Crippen MR) is 51.2 cm³/mol. The summed E-state index contributed by atoms with van der Waals surface area (Å²) in [6.07, 6.45) is 0. The summed E-state index contributed by atoms with van der Waals surface area (Å²) in [6.45, 7) is 2.93. The minimum atomic E-state index is -0.752. The molecule has 0 aromatic carbocycles. The van der Waals surface area contributed by atoms with Crippen LogP contribution in [0.4, 0.5) is 4.39 Å². The van der Waals surface area contributed by atoms with Gasteiger partial charge < -0.3 is 9.47 Å². The van der Waals surface area contributed by atoms with E-state index >= 15 is 0 Å². The molecular weight excluding hydrogens is 259 g/mol. The molecule has 0 amide bonds. The van der Waals surface area contributed by atoms with Crippen molar-refractivity contribution in [3.05, 3.63) is 20.5 Å². The second-order valence-corrected chi connectivity index (χ2v) is 4.73. The summed E-state index contributed by atoms with van der Waals surface area (Å²) in [5.41, 5.74) is 0. The summed E-state index contributed by atoms with van der Waals surface area (Å²) >= 11 is 4.16. The Bertz CT molecular complexity index is 300. The summed E-state index contributed by atoms with van der Waals surface area (Å²) in [6, 6.07) is 1.70. The van der Waals surface area contributed by atoms with E-state index in [4.69, 9.17) is 9.47 Å². The number of thiophene rings is 1. The normalized spacial score (nSPS) is 20.8. The van der Waals surface area contributed by atoms with Crippen LogP contribution in [0, 0.1) is 5.13 Å². The van der Waals surface area contributed by atoms with Crippen molar-refractivity contribution in [1.29, 1.82) is 0 Å². The quantitative estimate of drug-likeness (QED) is 0.779. The van der Waals surface area contributed by atoms with E-state index in [1.807, 2.05) is 0 Å². The van der Waals surface area contributed by atoms with Crippen LogP contribution in [0.25, 0.3) is 0 Å². The first-order valence-electron chi connectivity index (χ1n) is 3.85. The van der Waals surface area contributed by atoms with Gasteiger partial charge in [0, 0.05) is 0 Å². The molecule has 1 aromatic rings. The molecule has 1 fully saturated rings. The van der Waals surface area contributed by atoms with Crippen molar-refractivity contribution in [2.45, 2.75) is 12.7 Å². The second-order valence-electron chi connectivity index (χ2n) is 2.87. The molecule has 0 radical (unpaired) electrons. The van der Waals surface area contributed by atoms with Gasteiger partial charge in [-0.3, -0.25) is 0 Å². The van der Waals surface area contributed by atoms with Crippen molar-refractivity contribution in [1.82, 2.24) is 0 Å². The molecule has 0 saturated carbocycles. The lowest BCUT2D eigenvalue weighted by Crippen LogP contribution is -2.20. The summed E-state index contributed by atoms with van der Waals surface area (Å²) in [5.74, 6) is -0.752. The van der Waals surface area contributed by atoms with Crippen LogP contribution in [-0.2, 0) is 15.3 Å². The first-order chi connectivity index (χ1) is 6.12. The maximum atomic E-state index is 13.0. The Morgan fingerprint density at radius 3 is 2.62 bits per heavy atom. The summed E-state index contributed by atoms with van der Waals surface area (Å²) in [4.78, 5) is 0.759. The predicted octanol–water partition coefficient (Wildman–Crippen LogP) is 2.87. The number of hydrogen-bond donors (Lipinski definition) is 0. The third-order valence-corrected chi connectivity index (χ3v) is 3.88. The van der Waals surface area contributed by atoms with Gasteiger partial charge in [-0.05, 0) is 28.9 Å². The molecule has 0 aliphatic carbocycles. The SMILES string of the molecule is CC1(c2cc(Br)c(F)s2)OCCO1. The molecule has 0 spiro atoms. The standard InChI is InChI=1S/C8H8BrFO2S/c1-8(11-2-3-12-8)6-4-5(9)7(10)13-6/h4H,2-3H2,1H3. The first-order valence-corrected chi connectivity index (χ1v) is 5.46. The average molecular weight is 267 g/mol. The van der Waals surface area contributed by atoms with Gasteiger partial charge in [-0.25, -0.2) is 0 Å². The maximum absolute atomic E-state index is 13.0. The van der Waals surface area contributed by atoms with E-state index in [0.717, 1.165) is 16.2 Å². The van der Waals surface area contributed by atoms with Crippen LogP contribution in [0.15, 0.2) is 10.5 Å². The summed E-state index contributed by atoms with van der Waals surface area (Å²) < 4.78 is 24.3. The lowest BCUT2D eigenvalue weighted by Gasteiger charge is -2.19. The Balaban J connectivity index is 2.34. The van der Waals surface area contributed by atoms with Gasteiger partial charge in [-0.15, -0.1) is 11.3 Å². The van der Waals surface area contributed by atoms with Crippen molar-refractivity contribution in [2.75, 3.05) is 13.2 Å². The van der Waals surface area contributed by atoms with Crippen LogP contribution in [-0.4, -0.2) is 13.2 Å². The van der Waals surface area contributed by atoms with Crippen LogP contribution in [0.3, 0.4) is 0 Å². The summed E-state index contributed by atoms with van der Waals surface area (Å²) in [5, 5.41) is -0.240. The van der Waals surface area contributed by atoms with Crippen molar-refractivity contribution >= 4 is 27.3 Å². The molecule has 2 nitrogen and oxygen atoms in total. The van der Waals surface area contributed by atoms with E-state index in [0.29, 0.717) is 17.7 Å². The molecule has 2 heterocycles. The third kappa shape index (κ3) is 1.66. The number of halogens is 2. The molecule has 1 aliphatic heterocycles. The molecule has 1 saturated heterocycles. The molecule has 0 unspecified atom stereocenters. The fourth-order valence-corrected chi connectivity index (χ4v) is 2.68. The van der Waals surface area contributed by atoms with E-state index in [1.54, 1.807) is 13.0 Å². The molecule has 0 bridgehead atoms. The number of rotatable bonds is 1. The van der Waals surface area contributed by atoms with Gasteiger partial charge in [0.1, 0.15) is 0 Å². The van der Waals surface area contributed by atoms with Gasteiger partial charge in [0.05, 0.1) is 22.6 Å². The van der Waals surface area contributed by atoms with E-state index < -0.39 is 5.79 Å². The molecule has 13 heavy (non-hydrogen) atoms. The maximum Gasteiger partial charge on any atom is 0.201 e. The van der Waals surface area contributed by atoms with Gasteiger partial charge in [0.25, 0.3) is 0 Å². The lowest BCUT2D eigenvalue weighted by molar-refractivity contribution is -0.147. The van der Waals surface area contributed by atoms with Gasteiger partial charge in [0.15, 0.2) is 5.13 Å². The molecule has 0 atom stereocenters. The lowest BCUT2D eigenvalue weighted by atomic mass is 10.3. The molecule has 1 aromatic heterocycles. The van der Waals surface area contributed by atoms with E-state index in [-0.39, 0.29) is 5.13 Å². The van der Waals surface area contributed by atoms with Crippen molar-refractivity contribution < 1.29 is 13.9 Å². The van der Waals surface area contributed by atoms with Gasteiger partial charge >= 0.3 is 0 Å². The van der Waals surface area contributed by atoms with Crippen LogP contribution in [0.2, 0.25) is 0 Å². The molecule has 5 heteroatoms. The van der Waals surface area contributed by atoms with Gasteiger partial charge in [-0.2, -0.15) is 4.39 Å². The van der Waals surface area contributed by atoms with E-state index in [9.17, 15) is 4.39 Å². The Morgan fingerprint density at radius 2 is 2.15 bits per heavy atom. The zero-order valence-electron chi connectivity index (χ0n) is 6.97. The van der Waals surface area contributed by atoms with E-state index in [2.05, 4.69) is 15.9 Å². The Kier molecular flexibility index (Phi) is 2.44. The van der Waals surface area contributed by atoms with Crippen LogP contribution >= 0.6 is 27.3 Å². The second kappa shape index (κ2) is 3.31. The molecule has 72 valence electrons. The fraction of sp³-hybridized carbons (Fsp3) is 0.500. The van der Waals surface area contributed by atoms with Crippen molar-refractivity contribution in [3.63, 3.8) is 0 Å².